The Hall–Kier alpha value is -1.40. The summed E-state index contributed by atoms with van der Waals surface area (Å²) in [6.07, 6.45) is 3.46. The van der Waals surface area contributed by atoms with Crippen molar-refractivity contribution in [2.45, 2.75) is 12.8 Å². The Morgan fingerprint density at radius 3 is 1.50 bits per heavy atom. The number of carboxylic acids is 2. The first-order valence-corrected chi connectivity index (χ1v) is 5.64. The molecular weight excluding hydrogens is 240 g/mol. The Balaban J connectivity index is 4.49. The highest BCUT2D eigenvalue weighted by molar-refractivity contribution is 5.74. The number of carbonyl (C=O) groups is 2. The maximum absolute atomic E-state index is 10.9. The van der Waals surface area contributed by atoms with Gasteiger partial charge in [-0.25, -0.2) is 0 Å². The molecule has 0 fully saturated rings. The van der Waals surface area contributed by atoms with Gasteiger partial charge < -0.3 is 19.7 Å². The third-order valence-electron chi connectivity index (χ3n) is 2.48. The normalized spacial score (nSPS) is 14.6. The standard InChI is InChI=1S/C12H20O6/c1-17-7-5-9(11(13)14)3-4-10(12(15)16)6-8-18-2/h3-4,9-10H,5-8H2,1-2H3,(H,13,14)(H,15,16). The van der Waals surface area contributed by atoms with Gasteiger partial charge in [0.25, 0.3) is 0 Å². The van der Waals surface area contributed by atoms with Gasteiger partial charge in [0.05, 0.1) is 11.8 Å². The van der Waals surface area contributed by atoms with Crippen molar-refractivity contribution in [2.75, 3.05) is 27.4 Å². The number of carboxylic acid groups (broad SMARTS) is 2. The number of hydrogen-bond acceptors (Lipinski definition) is 4. The largest absolute Gasteiger partial charge is 0.481 e. The summed E-state index contributed by atoms with van der Waals surface area (Å²) in [5, 5.41) is 17.9. The van der Waals surface area contributed by atoms with Gasteiger partial charge in [-0.2, -0.15) is 0 Å². The van der Waals surface area contributed by atoms with Gasteiger partial charge in [0.1, 0.15) is 0 Å². The van der Waals surface area contributed by atoms with Gasteiger partial charge in [0, 0.05) is 27.4 Å². The zero-order chi connectivity index (χ0) is 14.0. The van der Waals surface area contributed by atoms with Gasteiger partial charge in [-0.15, -0.1) is 0 Å². The molecule has 104 valence electrons. The van der Waals surface area contributed by atoms with Crippen molar-refractivity contribution in [3.05, 3.63) is 12.2 Å². The Morgan fingerprint density at radius 2 is 1.28 bits per heavy atom. The number of aliphatic carboxylic acids is 2. The fourth-order valence-corrected chi connectivity index (χ4v) is 1.36. The van der Waals surface area contributed by atoms with Crippen molar-refractivity contribution in [2.24, 2.45) is 11.8 Å². The minimum Gasteiger partial charge on any atom is -0.481 e. The van der Waals surface area contributed by atoms with Gasteiger partial charge in [0.15, 0.2) is 0 Å². The number of hydrogen-bond donors (Lipinski definition) is 2. The van der Waals surface area contributed by atoms with Gasteiger partial charge in [-0.1, -0.05) is 12.2 Å². The molecule has 0 bridgehead atoms. The minimum absolute atomic E-state index is 0.317. The van der Waals surface area contributed by atoms with Crippen molar-refractivity contribution in [3.63, 3.8) is 0 Å². The van der Waals surface area contributed by atoms with Gasteiger partial charge in [-0.3, -0.25) is 9.59 Å². The second-order valence-electron chi connectivity index (χ2n) is 3.84. The molecule has 0 saturated carbocycles. The van der Waals surface area contributed by atoms with E-state index in [-0.39, 0.29) is 0 Å². The second-order valence-corrected chi connectivity index (χ2v) is 3.84. The highest BCUT2D eigenvalue weighted by Gasteiger charge is 2.17. The SMILES string of the molecule is COCCC(C=CC(CCOC)C(=O)O)C(=O)O. The molecule has 0 aromatic rings. The van der Waals surface area contributed by atoms with E-state index in [1.54, 1.807) is 0 Å². The predicted octanol–water partition coefficient (Wildman–Crippen LogP) is 1.02. The molecule has 0 saturated heterocycles. The molecule has 0 aliphatic carbocycles. The zero-order valence-electron chi connectivity index (χ0n) is 10.7. The quantitative estimate of drug-likeness (QED) is 0.569. The maximum Gasteiger partial charge on any atom is 0.310 e. The van der Waals surface area contributed by atoms with E-state index in [1.165, 1.54) is 26.4 Å². The maximum atomic E-state index is 10.9. The fraction of sp³-hybridized carbons (Fsp3) is 0.667. The van der Waals surface area contributed by atoms with Crippen LogP contribution in [-0.2, 0) is 19.1 Å². The summed E-state index contributed by atoms with van der Waals surface area (Å²) in [5.41, 5.74) is 0. The minimum atomic E-state index is -0.987. The lowest BCUT2D eigenvalue weighted by atomic mass is 10.00. The molecule has 0 aliphatic rings. The number of ether oxygens (including phenoxy) is 2. The summed E-state index contributed by atoms with van der Waals surface area (Å²) in [7, 11) is 2.97. The van der Waals surface area contributed by atoms with Crippen LogP contribution in [0, 0.1) is 11.8 Å². The average Bonchev–Trinajstić information content (AvgIpc) is 2.31. The topological polar surface area (TPSA) is 93.1 Å². The smallest absolute Gasteiger partial charge is 0.310 e. The van der Waals surface area contributed by atoms with E-state index in [4.69, 9.17) is 19.7 Å². The van der Waals surface area contributed by atoms with E-state index in [1.807, 2.05) is 0 Å². The van der Waals surface area contributed by atoms with Crippen LogP contribution < -0.4 is 0 Å². The molecule has 18 heavy (non-hydrogen) atoms. The van der Waals surface area contributed by atoms with Crippen LogP contribution in [-0.4, -0.2) is 49.6 Å². The van der Waals surface area contributed by atoms with Crippen molar-refractivity contribution in [1.29, 1.82) is 0 Å². The van der Waals surface area contributed by atoms with Gasteiger partial charge in [0.2, 0.25) is 0 Å². The van der Waals surface area contributed by atoms with E-state index in [9.17, 15) is 9.59 Å². The predicted molar refractivity (Wildman–Crippen MR) is 64.4 cm³/mol. The van der Waals surface area contributed by atoms with E-state index < -0.39 is 23.8 Å². The second kappa shape index (κ2) is 9.61. The molecule has 0 spiro atoms. The summed E-state index contributed by atoms with van der Waals surface area (Å²) in [6, 6.07) is 0. The first-order chi connectivity index (χ1) is 8.52. The molecule has 0 aliphatic heterocycles. The van der Waals surface area contributed by atoms with Crippen LogP contribution in [0.15, 0.2) is 12.2 Å². The molecular formula is C12H20O6. The van der Waals surface area contributed by atoms with Crippen LogP contribution in [0.5, 0.6) is 0 Å². The van der Waals surface area contributed by atoms with E-state index in [0.29, 0.717) is 26.1 Å². The lowest BCUT2D eigenvalue weighted by Crippen LogP contribution is -2.16. The van der Waals surface area contributed by atoms with Crippen LogP contribution in [0.3, 0.4) is 0 Å². The molecule has 6 nitrogen and oxygen atoms in total. The molecule has 2 N–H and O–H groups in total. The molecule has 0 radical (unpaired) electrons. The van der Waals surface area contributed by atoms with Crippen LogP contribution in [0.4, 0.5) is 0 Å². The Labute approximate surface area is 106 Å². The Morgan fingerprint density at radius 1 is 0.944 bits per heavy atom. The molecule has 0 rings (SSSR count). The van der Waals surface area contributed by atoms with E-state index in [2.05, 4.69) is 0 Å². The molecule has 6 heteroatoms. The summed E-state index contributed by atoms with van der Waals surface area (Å²) in [5.74, 6) is -3.43. The molecule has 0 aromatic heterocycles. The monoisotopic (exact) mass is 260 g/mol. The van der Waals surface area contributed by atoms with Crippen molar-refractivity contribution >= 4 is 11.9 Å². The van der Waals surface area contributed by atoms with Crippen LogP contribution in [0.25, 0.3) is 0 Å². The first-order valence-electron chi connectivity index (χ1n) is 5.64. The Bertz CT molecular complexity index is 258. The highest BCUT2D eigenvalue weighted by atomic mass is 16.5. The molecule has 0 amide bonds. The molecule has 2 unspecified atom stereocenters. The van der Waals surface area contributed by atoms with Crippen LogP contribution >= 0.6 is 0 Å². The lowest BCUT2D eigenvalue weighted by molar-refractivity contribution is -0.142. The Kier molecular flexibility index (Phi) is 8.86. The van der Waals surface area contributed by atoms with Crippen molar-refractivity contribution < 1.29 is 29.3 Å². The zero-order valence-corrected chi connectivity index (χ0v) is 10.7. The highest BCUT2D eigenvalue weighted by Crippen LogP contribution is 2.11. The van der Waals surface area contributed by atoms with Gasteiger partial charge in [-0.05, 0) is 12.8 Å². The fourth-order valence-electron chi connectivity index (χ4n) is 1.36. The third kappa shape index (κ3) is 7.03. The summed E-state index contributed by atoms with van der Waals surface area (Å²) >= 11 is 0. The van der Waals surface area contributed by atoms with Crippen LogP contribution in [0.1, 0.15) is 12.8 Å². The third-order valence-corrected chi connectivity index (χ3v) is 2.48. The summed E-state index contributed by atoms with van der Waals surface area (Å²) in [6.45, 7) is 0.633. The van der Waals surface area contributed by atoms with E-state index >= 15 is 0 Å². The van der Waals surface area contributed by atoms with Crippen molar-refractivity contribution in [3.8, 4) is 0 Å². The first kappa shape index (κ1) is 16.6. The lowest BCUT2D eigenvalue weighted by Gasteiger charge is -2.09. The molecule has 0 heterocycles. The number of methoxy groups -OCH3 is 2. The van der Waals surface area contributed by atoms with E-state index in [0.717, 1.165) is 0 Å². The molecule has 0 aromatic carbocycles. The van der Waals surface area contributed by atoms with Crippen molar-refractivity contribution in [1.82, 2.24) is 0 Å². The summed E-state index contributed by atoms with van der Waals surface area (Å²) in [4.78, 5) is 21.8. The summed E-state index contributed by atoms with van der Waals surface area (Å²) < 4.78 is 9.62. The molecule has 2 atom stereocenters. The average molecular weight is 260 g/mol. The number of rotatable bonds is 10. The van der Waals surface area contributed by atoms with Gasteiger partial charge >= 0.3 is 11.9 Å². The van der Waals surface area contributed by atoms with Crippen LogP contribution in [0.2, 0.25) is 0 Å².